The standard InChI is InChI=1S/C11H17N3O12.C11H18N2O8.C10H19N3O6.C10H16N2O8.C8H12N2O8/c15-9(16)5-8(10(17)18)12-11(19)24-4-2-1-3-7(26-14(22)23)6-25-13(20)21;14-9(12-8(11(17)18)7-10(15)16)5-3-1-2-4-6-21-13(19)20;11-8(7-9(14)15)10(16)12-5-3-1-2-4-6-19-13(17)18;13-8(4-2-1-3-5-20-12(18)19)11-7(10(16)17)6-9(14)15;11-6(2-1-3-18-10(16)17)9-5(8(14)15)4-7(12)13/h7-8H,1-6H2,(H,12,19)(H,15,16)(H,17,18);8H,1-7H2,(H,12,14)(H,15,16)(H,17,18);8H,1-7,11H2,(H,12,16)(H,14,15);7H,1-6H2,(H,11,13)(H,14,15)(H,16,17);5H,1-4H2,(H,9,11)(H,12,13)(H,14,15). The first-order chi connectivity index (χ1) is 48.5. The number of nitrogens with two attached hydrogens (primary N) is 1. The molecule has 5 amide bonds. The molecule has 0 aliphatic carbocycles. The lowest BCUT2D eigenvalue weighted by atomic mass is 10.1. The molecular formula is C50H82N12O42. The topological polar surface area (TPSA) is 831 Å². The maximum Gasteiger partial charge on any atom is 0.407 e. The molecule has 0 radical (unpaired) electrons. The fourth-order valence-corrected chi connectivity index (χ4v) is 6.85. The third-order valence-corrected chi connectivity index (χ3v) is 11.5. The summed E-state index contributed by atoms with van der Waals surface area (Å²) in [5, 5.41) is 142. The van der Waals surface area contributed by atoms with E-state index in [1.807, 2.05) is 10.6 Å². The fraction of sp³-hybridized carbons (Fsp3) is 0.720. The van der Waals surface area contributed by atoms with Crippen molar-refractivity contribution < 1.29 is 177 Å². The molecule has 0 saturated carbocycles. The van der Waals surface area contributed by atoms with E-state index < -0.39 is 189 Å². The number of hydrogen-bond acceptors (Lipinski definition) is 34. The van der Waals surface area contributed by atoms with Gasteiger partial charge in [0.1, 0.15) is 36.9 Å². The van der Waals surface area contributed by atoms with E-state index in [-0.39, 0.29) is 78.0 Å². The molecule has 0 aliphatic rings. The minimum absolute atomic E-state index is 0.00109. The van der Waals surface area contributed by atoms with Gasteiger partial charge in [-0.05, 0) is 64.2 Å². The van der Waals surface area contributed by atoms with Crippen LogP contribution in [-0.4, -0.2) is 242 Å². The van der Waals surface area contributed by atoms with Gasteiger partial charge in [-0.1, -0.05) is 32.1 Å². The summed E-state index contributed by atoms with van der Waals surface area (Å²) in [6.07, 6.45) is 0.950. The number of amides is 5. The van der Waals surface area contributed by atoms with Crippen LogP contribution >= 0.6 is 0 Å². The first-order valence-corrected chi connectivity index (χ1v) is 30.0. The van der Waals surface area contributed by atoms with Crippen molar-refractivity contribution in [1.29, 1.82) is 0 Å². The molecule has 594 valence electrons. The second kappa shape index (κ2) is 62.8. The Hall–Kier alpha value is -12.5. The molecule has 0 fully saturated rings. The molecular weight excluding hydrogens is 1440 g/mol. The van der Waals surface area contributed by atoms with Gasteiger partial charge in [-0.3, -0.25) is 43.2 Å². The zero-order valence-electron chi connectivity index (χ0n) is 54.9. The van der Waals surface area contributed by atoms with E-state index in [9.17, 15) is 128 Å². The minimum atomic E-state index is -1.66. The van der Waals surface area contributed by atoms with Crippen LogP contribution < -0.4 is 32.3 Å². The molecule has 104 heavy (non-hydrogen) atoms. The number of alkyl carbamates (subject to hydrolysis) is 1. The molecule has 0 aliphatic heterocycles. The van der Waals surface area contributed by atoms with Crippen molar-refractivity contribution in [1.82, 2.24) is 26.6 Å². The van der Waals surface area contributed by atoms with Crippen molar-refractivity contribution in [3.8, 4) is 0 Å². The predicted octanol–water partition coefficient (Wildman–Crippen LogP) is -1.72. The third kappa shape index (κ3) is 73.8. The summed E-state index contributed by atoms with van der Waals surface area (Å²) in [6, 6.07) is -7.11. The number of nitrogens with one attached hydrogen (secondary N) is 5. The molecule has 0 bridgehead atoms. The molecule has 54 nitrogen and oxygen atoms in total. The quantitative estimate of drug-likeness (QED) is 0.0183. The number of carbonyl (C=O) groups is 14. The van der Waals surface area contributed by atoms with Crippen LogP contribution in [0.3, 0.4) is 0 Å². The van der Waals surface area contributed by atoms with Crippen LogP contribution in [0.25, 0.3) is 0 Å². The number of carbonyl (C=O) groups excluding carboxylic acids is 5. The Kier molecular flexibility index (Phi) is 60.5. The Bertz CT molecular complexity index is 2760. The van der Waals surface area contributed by atoms with Crippen molar-refractivity contribution in [2.75, 3.05) is 46.2 Å². The minimum Gasteiger partial charge on any atom is -0.481 e. The molecule has 0 heterocycles. The van der Waals surface area contributed by atoms with Gasteiger partial charge in [0.15, 0.2) is 0 Å². The van der Waals surface area contributed by atoms with Gasteiger partial charge < -0.3 is 112 Å². The molecule has 6 unspecified atom stereocenters. The van der Waals surface area contributed by atoms with Gasteiger partial charge in [0.25, 0.3) is 30.5 Å². The third-order valence-electron chi connectivity index (χ3n) is 11.5. The highest BCUT2D eigenvalue weighted by Gasteiger charge is 2.27. The van der Waals surface area contributed by atoms with Crippen molar-refractivity contribution in [2.45, 2.75) is 184 Å². The predicted molar refractivity (Wildman–Crippen MR) is 327 cm³/mol. The molecule has 0 aromatic rings. The maximum absolute atomic E-state index is 11.4. The number of rotatable bonds is 57. The summed E-state index contributed by atoms with van der Waals surface area (Å²) in [4.78, 5) is 235. The van der Waals surface area contributed by atoms with Crippen LogP contribution in [0.4, 0.5) is 4.79 Å². The van der Waals surface area contributed by atoms with Gasteiger partial charge in [-0.15, -0.1) is 60.7 Å². The van der Waals surface area contributed by atoms with Gasteiger partial charge in [0.05, 0.1) is 71.2 Å². The van der Waals surface area contributed by atoms with E-state index in [0.29, 0.717) is 64.3 Å². The van der Waals surface area contributed by atoms with Crippen LogP contribution in [0.5, 0.6) is 0 Å². The average molecular weight is 1520 g/mol. The summed E-state index contributed by atoms with van der Waals surface area (Å²) in [6.45, 7) is -0.732. The van der Waals surface area contributed by atoms with Crippen LogP contribution in [0, 0.1) is 60.7 Å². The zero-order chi connectivity index (χ0) is 80.7. The lowest BCUT2D eigenvalue weighted by Gasteiger charge is -2.14. The average Bonchev–Trinajstić information content (AvgIpc) is 0.969. The zero-order valence-corrected chi connectivity index (χ0v) is 54.9. The molecule has 16 N–H and O–H groups in total. The first-order valence-electron chi connectivity index (χ1n) is 30.0. The Morgan fingerprint density at radius 3 is 0.971 bits per heavy atom. The van der Waals surface area contributed by atoms with Gasteiger partial charge in [0.2, 0.25) is 23.6 Å². The largest absolute Gasteiger partial charge is 0.481 e. The smallest absolute Gasteiger partial charge is 0.407 e. The van der Waals surface area contributed by atoms with Crippen LogP contribution in [0.15, 0.2) is 0 Å². The summed E-state index contributed by atoms with van der Waals surface area (Å²) < 4.78 is 4.64. The van der Waals surface area contributed by atoms with Crippen molar-refractivity contribution in [2.24, 2.45) is 5.73 Å². The maximum atomic E-state index is 11.4. The molecule has 0 aromatic heterocycles. The summed E-state index contributed by atoms with van der Waals surface area (Å²) in [5.74, 6) is -14.7. The highest BCUT2D eigenvalue weighted by atomic mass is 17.0. The molecule has 0 aromatic carbocycles. The molecule has 54 heteroatoms. The van der Waals surface area contributed by atoms with Crippen molar-refractivity contribution in [3.63, 3.8) is 0 Å². The van der Waals surface area contributed by atoms with Gasteiger partial charge >= 0.3 is 59.8 Å². The van der Waals surface area contributed by atoms with Gasteiger partial charge in [-0.2, -0.15) is 0 Å². The van der Waals surface area contributed by atoms with E-state index in [1.54, 1.807) is 0 Å². The monoisotopic (exact) mass is 1520 g/mol. The SMILES string of the molecule is NC(CC(=O)O)C(=O)NCCCCCCO[N+](=O)[O-].O=C(O)CC(NC(=O)CCCCCCO[N+](=O)[O-])C(=O)O.O=C(O)CC(NC(=O)CCCCCO[N+](=O)[O-])C(=O)O.O=C(O)CC(NC(=O)CCCO[N+](=O)[O-])C(=O)O.O=C(O)CC(NC(=O)OCCCCC(CO[N+](=O)[O-])O[N+](=O)[O-])C(=O)O. The Balaban J connectivity index is -0.000000395. The number of aliphatic carboxylic acids is 9. The molecule has 6 atom stereocenters. The summed E-state index contributed by atoms with van der Waals surface area (Å²) in [5.41, 5.74) is 5.35. The van der Waals surface area contributed by atoms with Crippen LogP contribution in [0.1, 0.15) is 148 Å². The van der Waals surface area contributed by atoms with E-state index in [0.717, 1.165) is 12.8 Å². The Labute approximate surface area is 583 Å². The van der Waals surface area contributed by atoms with Crippen LogP contribution in [-0.2, 0) is 96.1 Å². The fourth-order valence-electron chi connectivity index (χ4n) is 6.85. The second-order valence-electron chi connectivity index (χ2n) is 20.1. The van der Waals surface area contributed by atoms with Gasteiger partial charge in [-0.25, -0.2) is 24.0 Å². The molecule has 0 spiro atoms. The van der Waals surface area contributed by atoms with Crippen molar-refractivity contribution in [3.05, 3.63) is 60.7 Å². The van der Waals surface area contributed by atoms with Gasteiger partial charge in [0, 0.05) is 25.8 Å². The van der Waals surface area contributed by atoms with E-state index >= 15 is 0 Å². The number of carboxylic acid groups (broad SMARTS) is 9. The molecule has 0 saturated heterocycles. The Morgan fingerprint density at radius 2 is 0.644 bits per heavy atom. The number of ether oxygens (including phenoxy) is 1. The number of nitrogens with zero attached hydrogens (tertiary/aromatic N) is 6. The number of carboxylic acids is 9. The molecule has 0 rings (SSSR count). The summed E-state index contributed by atoms with van der Waals surface area (Å²) in [7, 11) is 0. The number of hydrogen-bond donors (Lipinski definition) is 15. The van der Waals surface area contributed by atoms with Crippen molar-refractivity contribution >= 4 is 83.4 Å². The van der Waals surface area contributed by atoms with E-state index in [1.165, 1.54) is 0 Å². The lowest BCUT2D eigenvalue weighted by Crippen LogP contribution is -2.42. The normalized spacial score (nSPS) is 11.7. The van der Waals surface area contributed by atoms with E-state index in [2.05, 4.69) is 49.7 Å². The van der Waals surface area contributed by atoms with Crippen LogP contribution in [0.2, 0.25) is 0 Å². The first kappa shape index (κ1) is 100. The Morgan fingerprint density at radius 1 is 0.346 bits per heavy atom. The summed E-state index contributed by atoms with van der Waals surface area (Å²) >= 11 is 0. The van der Waals surface area contributed by atoms with E-state index in [4.69, 9.17) is 51.7 Å². The highest BCUT2D eigenvalue weighted by molar-refractivity contribution is 5.89. The second-order valence-corrected chi connectivity index (χ2v) is 20.1. The highest BCUT2D eigenvalue weighted by Crippen LogP contribution is 2.09. The lowest BCUT2D eigenvalue weighted by molar-refractivity contribution is -0.790. The number of unbranched alkanes of at least 4 members (excludes halogenated alkanes) is 9.